The van der Waals surface area contributed by atoms with Gasteiger partial charge < -0.3 is 9.88 Å². The number of nitro benzene ring substituents is 1. The van der Waals surface area contributed by atoms with Crippen molar-refractivity contribution < 1.29 is 9.31 Å². The van der Waals surface area contributed by atoms with E-state index in [1.807, 2.05) is 11.5 Å². The number of aromatic nitrogens is 2. The molecule has 0 aliphatic rings. The zero-order valence-electron chi connectivity index (χ0n) is 10.3. The molecule has 6 nitrogen and oxygen atoms in total. The van der Waals surface area contributed by atoms with Gasteiger partial charge in [0.2, 0.25) is 5.82 Å². The number of hydrogen-bond acceptors (Lipinski definition) is 4. The molecule has 2 aromatic rings. The van der Waals surface area contributed by atoms with Crippen molar-refractivity contribution in [3.63, 3.8) is 0 Å². The molecule has 0 bridgehead atoms. The van der Waals surface area contributed by atoms with Crippen LogP contribution in [0.25, 0.3) is 0 Å². The molecule has 0 amide bonds. The lowest BCUT2D eigenvalue weighted by Crippen LogP contribution is -2.22. The standard InChI is InChI=1S/C12H13FN4O2/c1-9(7-16-6-5-14-8-16)15-11-4-2-3-10(13)12(11)17(18)19/h2-6,8-9,15H,7H2,1H3. The van der Waals surface area contributed by atoms with Crippen molar-refractivity contribution in [2.24, 2.45) is 0 Å². The highest BCUT2D eigenvalue weighted by atomic mass is 19.1. The first kappa shape index (κ1) is 13.0. The van der Waals surface area contributed by atoms with Gasteiger partial charge in [0.05, 0.1) is 11.3 Å². The second-order valence-corrected chi connectivity index (χ2v) is 4.20. The SMILES string of the molecule is CC(Cn1ccnc1)Nc1cccc(F)c1[N+](=O)[O-]. The van der Waals surface area contributed by atoms with Crippen molar-refractivity contribution in [1.29, 1.82) is 0 Å². The molecular weight excluding hydrogens is 251 g/mol. The topological polar surface area (TPSA) is 73.0 Å². The minimum Gasteiger partial charge on any atom is -0.375 e. The maximum atomic E-state index is 13.4. The highest BCUT2D eigenvalue weighted by Crippen LogP contribution is 2.27. The predicted molar refractivity (Wildman–Crippen MR) is 68.4 cm³/mol. The maximum absolute atomic E-state index is 13.4. The van der Waals surface area contributed by atoms with Crippen molar-refractivity contribution in [2.45, 2.75) is 19.5 Å². The predicted octanol–water partition coefficient (Wildman–Crippen LogP) is 2.43. The number of anilines is 1. The van der Waals surface area contributed by atoms with Crippen LogP contribution in [0.4, 0.5) is 15.8 Å². The molecule has 1 aromatic heterocycles. The van der Waals surface area contributed by atoms with E-state index >= 15 is 0 Å². The van der Waals surface area contributed by atoms with Gasteiger partial charge in [0.25, 0.3) is 0 Å². The molecule has 1 unspecified atom stereocenters. The molecule has 1 aromatic carbocycles. The molecule has 0 aliphatic carbocycles. The van der Waals surface area contributed by atoms with Gasteiger partial charge in [-0.05, 0) is 19.1 Å². The summed E-state index contributed by atoms with van der Waals surface area (Å²) in [5, 5.41) is 13.8. The zero-order valence-corrected chi connectivity index (χ0v) is 10.3. The van der Waals surface area contributed by atoms with Gasteiger partial charge >= 0.3 is 5.69 Å². The summed E-state index contributed by atoms with van der Waals surface area (Å²) in [5.41, 5.74) is -0.349. The summed E-state index contributed by atoms with van der Waals surface area (Å²) in [6.45, 7) is 2.43. The number of para-hydroxylation sites is 1. The van der Waals surface area contributed by atoms with Crippen molar-refractivity contribution >= 4 is 11.4 Å². The second kappa shape index (κ2) is 5.47. The van der Waals surface area contributed by atoms with Crippen LogP contribution in [0.15, 0.2) is 36.9 Å². The Balaban J connectivity index is 2.14. The number of rotatable bonds is 5. The first-order chi connectivity index (χ1) is 9.08. The molecule has 0 radical (unpaired) electrons. The lowest BCUT2D eigenvalue weighted by Gasteiger charge is -2.15. The van der Waals surface area contributed by atoms with Crippen LogP contribution in [0, 0.1) is 15.9 Å². The molecule has 1 N–H and O–H groups in total. The van der Waals surface area contributed by atoms with E-state index in [1.165, 1.54) is 12.1 Å². The summed E-state index contributed by atoms with van der Waals surface area (Å²) in [5.74, 6) is -0.843. The third-order valence-corrected chi connectivity index (χ3v) is 2.62. The van der Waals surface area contributed by atoms with Crippen molar-refractivity contribution in [2.75, 3.05) is 5.32 Å². The fourth-order valence-corrected chi connectivity index (χ4v) is 1.84. The Morgan fingerprint density at radius 2 is 2.37 bits per heavy atom. The van der Waals surface area contributed by atoms with Crippen LogP contribution in [0.5, 0.6) is 0 Å². The van der Waals surface area contributed by atoms with Crippen LogP contribution in [-0.2, 0) is 6.54 Å². The van der Waals surface area contributed by atoms with E-state index in [4.69, 9.17) is 0 Å². The summed E-state index contributed by atoms with van der Waals surface area (Å²) in [6, 6.07) is 3.90. The summed E-state index contributed by atoms with van der Waals surface area (Å²) in [6.07, 6.45) is 5.09. The van der Waals surface area contributed by atoms with Crippen molar-refractivity contribution in [1.82, 2.24) is 9.55 Å². The fourth-order valence-electron chi connectivity index (χ4n) is 1.84. The Bertz CT molecular complexity index is 571. The summed E-state index contributed by atoms with van der Waals surface area (Å²) in [7, 11) is 0. The van der Waals surface area contributed by atoms with E-state index in [0.29, 0.717) is 6.54 Å². The number of nitrogens with one attached hydrogen (secondary N) is 1. The number of benzene rings is 1. The summed E-state index contributed by atoms with van der Waals surface area (Å²) in [4.78, 5) is 14.0. The van der Waals surface area contributed by atoms with Crippen LogP contribution < -0.4 is 5.32 Å². The van der Waals surface area contributed by atoms with Gasteiger partial charge in [-0.1, -0.05) is 6.07 Å². The average Bonchev–Trinajstić information content (AvgIpc) is 2.81. The van der Waals surface area contributed by atoms with Gasteiger partial charge in [-0.2, -0.15) is 4.39 Å². The fraction of sp³-hybridized carbons (Fsp3) is 0.250. The Morgan fingerprint density at radius 3 is 3.00 bits per heavy atom. The van der Waals surface area contributed by atoms with Crippen LogP contribution in [0.1, 0.15) is 6.92 Å². The molecule has 0 saturated carbocycles. The van der Waals surface area contributed by atoms with Gasteiger partial charge in [-0.25, -0.2) is 4.98 Å². The average molecular weight is 264 g/mol. The summed E-state index contributed by atoms with van der Waals surface area (Å²) < 4.78 is 15.3. The molecule has 7 heteroatoms. The molecule has 19 heavy (non-hydrogen) atoms. The molecule has 0 aliphatic heterocycles. The minimum atomic E-state index is -0.843. The van der Waals surface area contributed by atoms with E-state index in [9.17, 15) is 14.5 Å². The first-order valence-corrected chi connectivity index (χ1v) is 5.73. The van der Waals surface area contributed by atoms with Crippen LogP contribution in [0.3, 0.4) is 0 Å². The molecule has 1 atom stereocenters. The highest BCUT2D eigenvalue weighted by Gasteiger charge is 2.20. The Hall–Kier alpha value is -2.44. The highest BCUT2D eigenvalue weighted by molar-refractivity contribution is 5.62. The van der Waals surface area contributed by atoms with Crippen LogP contribution in [-0.4, -0.2) is 20.5 Å². The molecule has 2 rings (SSSR count). The Kier molecular flexibility index (Phi) is 3.74. The van der Waals surface area contributed by atoms with E-state index in [0.717, 1.165) is 6.07 Å². The molecule has 0 saturated heterocycles. The van der Waals surface area contributed by atoms with Crippen molar-refractivity contribution in [3.05, 3.63) is 52.9 Å². The molecular formula is C12H13FN4O2. The molecule has 100 valence electrons. The minimum absolute atomic E-state index is 0.102. The largest absolute Gasteiger partial charge is 0.375 e. The zero-order chi connectivity index (χ0) is 13.8. The lowest BCUT2D eigenvalue weighted by molar-refractivity contribution is -0.386. The Morgan fingerprint density at radius 1 is 1.58 bits per heavy atom. The van der Waals surface area contributed by atoms with E-state index in [2.05, 4.69) is 10.3 Å². The van der Waals surface area contributed by atoms with Gasteiger partial charge in [0, 0.05) is 25.0 Å². The quantitative estimate of drug-likeness (QED) is 0.665. The first-order valence-electron chi connectivity index (χ1n) is 5.73. The van der Waals surface area contributed by atoms with Crippen molar-refractivity contribution in [3.8, 4) is 0 Å². The van der Waals surface area contributed by atoms with Crippen LogP contribution >= 0.6 is 0 Å². The normalized spacial score (nSPS) is 12.1. The summed E-state index contributed by atoms with van der Waals surface area (Å²) >= 11 is 0. The van der Waals surface area contributed by atoms with E-state index < -0.39 is 16.4 Å². The second-order valence-electron chi connectivity index (χ2n) is 4.20. The number of hydrogen-bond donors (Lipinski definition) is 1. The van der Waals surface area contributed by atoms with Gasteiger partial charge in [-0.15, -0.1) is 0 Å². The van der Waals surface area contributed by atoms with Gasteiger partial charge in [0.1, 0.15) is 5.69 Å². The molecule has 1 heterocycles. The number of nitro groups is 1. The maximum Gasteiger partial charge on any atom is 0.327 e. The van der Waals surface area contributed by atoms with Gasteiger partial charge in [0.15, 0.2) is 0 Å². The van der Waals surface area contributed by atoms with E-state index in [1.54, 1.807) is 18.7 Å². The molecule has 0 spiro atoms. The smallest absolute Gasteiger partial charge is 0.327 e. The molecule has 0 fully saturated rings. The number of imidazole rings is 1. The lowest BCUT2D eigenvalue weighted by atomic mass is 10.2. The third kappa shape index (κ3) is 3.06. The number of nitrogens with zero attached hydrogens (tertiary/aromatic N) is 3. The Labute approximate surface area is 109 Å². The number of halogens is 1. The van der Waals surface area contributed by atoms with E-state index in [-0.39, 0.29) is 11.7 Å². The van der Waals surface area contributed by atoms with Gasteiger partial charge in [-0.3, -0.25) is 10.1 Å². The monoisotopic (exact) mass is 264 g/mol. The van der Waals surface area contributed by atoms with Crippen LogP contribution in [0.2, 0.25) is 0 Å². The third-order valence-electron chi connectivity index (χ3n) is 2.62.